The molecule has 0 aromatic rings. The molecule has 1 amide bonds. The molecule has 0 saturated heterocycles. The first-order valence-corrected chi connectivity index (χ1v) is 7.25. The van der Waals surface area contributed by atoms with Gasteiger partial charge in [-0.3, -0.25) is 9.69 Å². The Labute approximate surface area is 112 Å². The Hall–Kier alpha value is -0.610. The summed E-state index contributed by atoms with van der Waals surface area (Å²) in [5.74, 6) is 0.116. The number of nitrogens with two attached hydrogens (primary N) is 1. The van der Waals surface area contributed by atoms with Crippen LogP contribution in [-0.2, 0) is 4.79 Å². The third-order valence-electron chi connectivity index (χ3n) is 3.65. The highest BCUT2D eigenvalue weighted by Gasteiger charge is 2.29. The van der Waals surface area contributed by atoms with Crippen molar-refractivity contribution < 1.29 is 4.79 Å². The van der Waals surface area contributed by atoms with E-state index in [0.717, 1.165) is 38.8 Å². The van der Waals surface area contributed by atoms with Crippen LogP contribution in [0, 0.1) is 0 Å². The standard InChI is InChI=1S/C14H31N3O/c1-5-8-9-16-13(18)11-17(10-6-2)14(4,7-3)12-15/h5-12,15H2,1-4H3,(H,16,18). The number of nitrogens with one attached hydrogen (secondary N) is 1. The lowest BCUT2D eigenvalue weighted by atomic mass is 9.96. The van der Waals surface area contributed by atoms with Crippen LogP contribution < -0.4 is 11.1 Å². The smallest absolute Gasteiger partial charge is 0.234 e. The van der Waals surface area contributed by atoms with E-state index in [4.69, 9.17) is 5.73 Å². The number of rotatable bonds is 10. The molecule has 0 aromatic heterocycles. The first-order chi connectivity index (χ1) is 8.53. The normalized spacial score (nSPS) is 14.6. The number of unbranched alkanes of at least 4 members (excludes halogenated alkanes) is 1. The fourth-order valence-electron chi connectivity index (χ4n) is 1.94. The van der Waals surface area contributed by atoms with E-state index in [1.165, 1.54) is 0 Å². The highest BCUT2D eigenvalue weighted by Crippen LogP contribution is 2.18. The SMILES string of the molecule is CCCCNC(=O)CN(CCC)C(C)(CC)CN. The minimum absolute atomic E-state index is 0.0713. The van der Waals surface area contributed by atoms with Crippen molar-refractivity contribution in [3.8, 4) is 0 Å². The Morgan fingerprint density at radius 2 is 1.94 bits per heavy atom. The van der Waals surface area contributed by atoms with Gasteiger partial charge in [-0.05, 0) is 32.7 Å². The average molecular weight is 257 g/mol. The molecule has 4 nitrogen and oxygen atoms in total. The quantitative estimate of drug-likeness (QED) is 0.586. The second-order valence-electron chi connectivity index (χ2n) is 5.18. The predicted molar refractivity (Wildman–Crippen MR) is 77.5 cm³/mol. The summed E-state index contributed by atoms with van der Waals surface area (Å²) >= 11 is 0. The Balaban J connectivity index is 4.38. The Kier molecular flexibility index (Phi) is 9.02. The van der Waals surface area contributed by atoms with Crippen molar-refractivity contribution in [3.63, 3.8) is 0 Å². The molecule has 4 heteroatoms. The zero-order chi connectivity index (χ0) is 14.0. The van der Waals surface area contributed by atoms with Gasteiger partial charge < -0.3 is 11.1 Å². The second-order valence-corrected chi connectivity index (χ2v) is 5.18. The fraction of sp³-hybridized carbons (Fsp3) is 0.929. The number of nitrogens with zero attached hydrogens (tertiary/aromatic N) is 1. The van der Waals surface area contributed by atoms with Gasteiger partial charge in [0.1, 0.15) is 0 Å². The van der Waals surface area contributed by atoms with Crippen molar-refractivity contribution in [2.24, 2.45) is 5.73 Å². The van der Waals surface area contributed by atoms with Crippen LogP contribution in [0.3, 0.4) is 0 Å². The molecule has 0 heterocycles. The number of hydrogen-bond acceptors (Lipinski definition) is 3. The molecule has 108 valence electrons. The summed E-state index contributed by atoms with van der Waals surface area (Å²) in [5, 5.41) is 2.97. The second kappa shape index (κ2) is 9.34. The molecule has 0 radical (unpaired) electrons. The van der Waals surface area contributed by atoms with Gasteiger partial charge in [0.05, 0.1) is 6.54 Å². The van der Waals surface area contributed by atoms with E-state index in [9.17, 15) is 4.79 Å². The third-order valence-corrected chi connectivity index (χ3v) is 3.65. The van der Waals surface area contributed by atoms with E-state index in [0.29, 0.717) is 13.1 Å². The van der Waals surface area contributed by atoms with Crippen LogP contribution in [0.4, 0.5) is 0 Å². The molecule has 1 unspecified atom stereocenters. The molecular formula is C14H31N3O. The van der Waals surface area contributed by atoms with Crippen LogP contribution in [0.5, 0.6) is 0 Å². The van der Waals surface area contributed by atoms with Gasteiger partial charge >= 0.3 is 0 Å². The molecule has 0 bridgehead atoms. The molecule has 0 spiro atoms. The number of hydrogen-bond donors (Lipinski definition) is 2. The molecule has 0 fully saturated rings. The average Bonchev–Trinajstić information content (AvgIpc) is 2.37. The molecule has 0 aromatic carbocycles. The van der Waals surface area contributed by atoms with E-state index in [2.05, 4.69) is 37.9 Å². The van der Waals surface area contributed by atoms with E-state index in [-0.39, 0.29) is 11.4 Å². The lowest BCUT2D eigenvalue weighted by Gasteiger charge is -2.39. The predicted octanol–water partition coefficient (Wildman–Crippen LogP) is 1.74. The van der Waals surface area contributed by atoms with Crippen molar-refractivity contribution in [1.82, 2.24) is 10.2 Å². The van der Waals surface area contributed by atoms with Gasteiger partial charge in [-0.15, -0.1) is 0 Å². The molecule has 1 atom stereocenters. The zero-order valence-corrected chi connectivity index (χ0v) is 12.6. The maximum atomic E-state index is 11.9. The van der Waals surface area contributed by atoms with Gasteiger partial charge in [-0.2, -0.15) is 0 Å². The summed E-state index contributed by atoms with van der Waals surface area (Å²) in [6.45, 7) is 11.3. The van der Waals surface area contributed by atoms with Gasteiger partial charge in [0.25, 0.3) is 0 Å². The highest BCUT2D eigenvalue weighted by atomic mass is 16.2. The Bertz CT molecular complexity index is 227. The first kappa shape index (κ1) is 17.4. The van der Waals surface area contributed by atoms with Crippen LogP contribution in [0.15, 0.2) is 0 Å². The molecule has 0 aliphatic heterocycles. The Morgan fingerprint density at radius 1 is 1.28 bits per heavy atom. The summed E-state index contributed by atoms with van der Waals surface area (Å²) in [6, 6.07) is 0. The Morgan fingerprint density at radius 3 is 2.39 bits per heavy atom. The molecule has 0 aliphatic carbocycles. The maximum Gasteiger partial charge on any atom is 0.234 e. The summed E-state index contributed by atoms with van der Waals surface area (Å²) in [6.07, 6.45) is 4.15. The minimum atomic E-state index is -0.0713. The van der Waals surface area contributed by atoms with Crippen LogP contribution in [0.1, 0.15) is 53.4 Å². The summed E-state index contributed by atoms with van der Waals surface area (Å²) < 4.78 is 0. The number of carbonyl (C=O) groups is 1. The lowest BCUT2D eigenvalue weighted by molar-refractivity contribution is -0.123. The van der Waals surface area contributed by atoms with Crippen LogP contribution >= 0.6 is 0 Å². The van der Waals surface area contributed by atoms with Crippen molar-refractivity contribution in [2.75, 3.05) is 26.2 Å². The summed E-state index contributed by atoms with van der Waals surface area (Å²) in [5.41, 5.74) is 5.80. The minimum Gasteiger partial charge on any atom is -0.355 e. The lowest BCUT2D eigenvalue weighted by Crippen LogP contribution is -2.54. The highest BCUT2D eigenvalue weighted by molar-refractivity contribution is 5.78. The van der Waals surface area contributed by atoms with Crippen LogP contribution in [0.2, 0.25) is 0 Å². The topological polar surface area (TPSA) is 58.4 Å². The molecule has 18 heavy (non-hydrogen) atoms. The number of carbonyl (C=O) groups excluding carboxylic acids is 1. The van der Waals surface area contributed by atoms with Gasteiger partial charge in [0.15, 0.2) is 0 Å². The molecule has 0 saturated carbocycles. The van der Waals surface area contributed by atoms with E-state index >= 15 is 0 Å². The van der Waals surface area contributed by atoms with Crippen molar-refractivity contribution >= 4 is 5.91 Å². The van der Waals surface area contributed by atoms with Crippen molar-refractivity contribution in [1.29, 1.82) is 0 Å². The number of amides is 1. The van der Waals surface area contributed by atoms with E-state index in [1.54, 1.807) is 0 Å². The first-order valence-electron chi connectivity index (χ1n) is 7.25. The maximum absolute atomic E-state index is 11.9. The molecular weight excluding hydrogens is 226 g/mol. The van der Waals surface area contributed by atoms with Crippen LogP contribution in [-0.4, -0.2) is 42.5 Å². The van der Waals surface area contributed by atoms with Crippen LogP contribution in [0.25, 0.3) is 0 Å². The monoisotopic (exact) mass is 257 g/mol. The van der Waals surface area contributed by atoms with Crippen molar-refractivity contribution in [2.45, 2.75) is 58.9 Å². The molecule has 0 aliphatic rings. The van der Waals surface area contributed by atoms with Gasteiger partial charge in [-0.25, -0.2) is 0 Å². The van der Waals surface area contributed by atoms with Gasteiger partial charge in [-0.1, -0.05) is 27.2 Å². The zero-order valence-electron chi connectivity index (χ0n) is 12.6. The summed E-state index contributed by atoms with van der Waals surface area (Å²) in [4.78, 5) is 14.1. The fourth-order valence-corrected chi connectivity index (χ4v) is 1.94. The van der Waals surface area contributed by atoms with E-state index in [1.807, 2.05) is 0 Å². The summed E-state index contributed by atoms with van der Waals surface area (Å²) in [7, 11) is 0. The van der Waals surface area contributed by atoms with Gasteiger partial charge in [0.2, 0.25) is 5.91 Å². The van der Waals surface area contributed by atoms with Crippen molar-refractivity contribution in [3.05, 3.63) is 0 Å². The third kappa shape index (κ3) is 5.83. The largest absolute Gasteiger partial charge is 0.355 e. The van der Waals surface area contributed by atoms with E-state index < -0.39 is 0 Å². The van der Waals surface area contributed by atoms with Gasteiger partial charge in [0, 0.05) is 18.6 Å². The molecule has 3 N–H and O–H groups in total. The molecule has 0 rings (SSSR count).